The molecule has 4 nitrogen and oxygen atoms in total. The molecule has 0 amide bonds. The van der Waals surface area contributed by atoms with Crippen molar-refractivity contribution in [3.8, 4) is 0 Å². The van der Waals surface area contributed by atoms with Crippen LogP contribution in [0.25, 0.3) is 0 Å². The molecular formula is C16H22BFO4. The Balaban J connectivity index is 2.06. The van der Waals surface area contributed by atoms with Gasteiger partial charge in [0.15, 0.2) is 0 Å². The van der Waals surface area contributed by atoms with Gasteiger partial charge in [-0.15, -0.1) is 0 Å². The normalized spacial score (nSPS) is 20.7. The first kappa shape index (κ1) is 17.0. The summed E-state index contributed by atoms with van der Waals surface area (Å²) in [7, 11) is 0.733. The first-order chi connectivity index (χ1) is 10.2. The van der Waals surface area contributed by atoms with Crippen molar-refractivity contribution in [1.82, 2.24) is 0 Å². The lowest BCUT2D eigenvalue weighted by atomic mass is 9.78. The van der Waals surface area contributed by atoms with Crippen molar-refractivity contribution in [2.75, 3.05) is 7.11 Å². The van der Waals surface area contributed by atoms with Crippen LogP contribution in [0, 0.1) is 0 Å². The van der Waals surface area contributed by atoms with Crippen molar-refractivity contribution >= 4 is 18.6 Å². The summed E-state index contributed by atoms with van der Waals surface area (Å²) < 4.78 is 29.9. The minimum atomic E-state index is -1.65. The van der Waals surface area contributed by atoms with Gasteiger partial charge in [0.1, 0.15) is 0 Å². The first-order valence-electron chi connectivity index (χ1n) is 7.32. The zero-order valence-electron chi connectivity index (χ0n) is 13.7. The van der Waals surface area contributed by atoms with Crippen LogP contribution in [-0.4, -0.2) is 37.6 Å². The number of ether oxygens (including phenoxy) is 1. The maximum absolute atomic E-state index is 13.6. The van der Waals surface area contributed by atoms with Crippen molar-refractivity contribution in [3.05, 3.63) is 29.8 Å². The lowest BCUT2D eigenvalue weighted by Crippen LogP contribution is -2.41. The van der Waals surface area contributed by atoms with E-state index in [4.69, 9.17) is 9.31 Å². The minimum absolute atomic E-state index is 0.00365. The fourth-order valence-corrected chi connectivity index (χ4v) is 2.21. The molecule has 0 aliphatic carbocycles. The third-order valence-electron chi connectivity index (χ3n) is 4.38. The van der Waals surface area contributed by atoms with E-state index in [2.05, 4.69) is 4.74 Å². The number of methoxy groups -OCH3 is 1. The summed E-state index contributed by atoms with van der Waals surface area (Å²) in [5, 5.41) is 0. The molecular weight excluding hydrogens is 286 g/mol. The Labute approximate surface area is 131 Å². The molecule has 1 fully saturated rings. The van der Waals surface area contributed by atoms with E-state index in [1.165, 1.54) is 7.11 Å². The molecule has 1 aromatic carbocycles. The lowest BCUT2D eigenvalue weighted by Gasteiger charge is -2.32. The van der Waals surface area contributed by atoms with E-state index in [-0.39, 0.29) is 6.42 Å². The molecule has 1 heterocycles. The molecule has 1 aliphatic heterocycles. The molecule has 1 saturated heterocycles. The van der Waals surface area contributed by atoms with E-state index >= 15 is 0 Å². The van der Waals surface area contributed by atoms with Crippen molar-refractivity contribution in [2.45, 2.75) is 51.5 Å². The number of halogens is 1. The standard InChI is InChI=1S/C16H22BFO4/c1-15(2)16(3,4)22-17(21-15)12-8-6-11(7-9-12)10-13(18)14(19)20-5/h6-9,13H,10H2,1-5H3. The maximum atomic E-state index is 13.6. The molecule has 6 heteroatoms. The van der Waals surface area contributed by atoms with Crippen molar-refractivity contribution < 1.29 is 23.2 Å². The highest BCUT2D eigenvalue weighted by atomic mass is 19.1. The van der Waals surface area contributed by atoms with Gasteiger partial charge < -0.3 is 14.0 Å². The van der Waals surface area contributed by atoms with Gasteiger partial charge in [-0.2, -0.15) is 0 Å². The van der Waals surface area contributed by atoms with E-state index in [1.807, 2.05) is 39.8 Å². The number of hydrogen-bond donors (Lipinski definition) is 0. The van der Waals surface area contributed by atoms with Crippen LogP contribution < -0.4 is 5.46 Å². The third kappa shape index (κ3) is 3.33. The summed E-state index contributed by atoms with van der Waals surface area (Å²) in [4.78, 5) is 11.1. The SMILES string of the molecule is COC(=O)C(F)Cc1ccc(B2OC(C)(C)C(C)(C)O2)cc1. The Morgan fingerprint density at radius 3 is 2.14 bits per heavy atom. The van der Waals surface area contributed by atoms with E-state index in [0.29, 0.717) is 0 Å². The molecule has 0 aromatic heterocycles. The maximum Gasteiger partial charge on any atom is 0.494 e. The van der Waals surface area contributed by atoms with Gasteiger partial charge in [0.2, 0.25) is 6.17 Å². The summed E-state index contributed by atoms with van der Waals surface area (Å²) in [5.74, 6) is -0.852. The largest absolute Gasteiger partial charge is 0.494 e. The number of alkyl halides is 1. The fraction of sp³-hybridized carbons (Fsp3) is 0.562. The van der Waals surface area contributed by atoms with Gasteiger partial charge in [-0.1, -0.05) is 24.3 Å². The van der Waals surface area contributed by atoms with E-state index in [1.54, 1.807) is 12.1 Å². The molecule has 0 N–H and O–H groups in total. The van der Waals surface area contributed by atoms with Gasteiger partial charge in [-0.05, 0) is 38.7 Å². The van der Waals surface area contributed by atoms with Gasteiger partial charge in [-0.25, -0.2) is 9.18 Å². The molecule has 0 bridgehead atoms. The molecule has 1 unspecified atom stereocenters. The average molecular weight is 308 g/mol. The summed E-state index contributed by atoms with van der Waals surface area (Å²) >= 11 is 0. The Hall–Kier alpha value is -1.40. The molecule has 120 valence electrons. The average Bonchev–Trinajstić information content (AvgIpc) is 2.67. The van der Waals surface area contributed by atoms with E-state index in [0.717, 1.165) is 11.0 Å². The molecule has 1 aliphatic rings. The van der Waals surface area contributed by atoms with Crippen LogP contribution in [0.4, 0.5) is 4.39 Å². The fourth-order valence-electron chi connectivity index (χ4n) is 2.21. The lowest BCUT2D eigenvalue weighted by molar-refractivity contribution is -0.146. The second kappa shape index (κ2) is 6.01. The highest BCUT2D eigenvalue weighted by molar-refractivity contribution is 6.62. The predicted molar refractivity (Wildman–Crippen MR) is 82.8 cm³/mol. The van der Waals surface area contributed by atoms with E-state index in [9.17, 15) is 9.18 Å². The topological polar surface area (TPSA) is 44.8 Å². The zero-order chi connectivity index (χ0) is 16.5. The number of esters is 1. The summed E-state index contributed by atoms with van der Waals surface area (Å²) in [6.45, 7) is 7.97. The second-order valence-electron chi connectivity index (χ2n) is 6.52. The third-order valence-corrected chi connectivity index (χ3v) is 4.38. The first-order valence-corrected chi connectivity index (χ1v) is 7.32. The van der Waals surface area contributed by atoms with Gasteiger partial charge in [0.05, 0.1) is 18.3 Å². The predicted octanol–water partition coefficient (Wildman–Crippen LogP) is 2.04. The number of carbonyl (C=O) groups is 1. The van der Waals surface area contributed by atoms with Gasteiger partial charge in [-0.3, -0.25) is 0 Å². The monoisotopic (exact) mass is 308 g/mol. The van der Waals surface area contributed by atoms with Crippen molar-refractivity contribution in [2.24, 2.45) is 0 Å². The van der Waals surface area contributed by atoms with E-state index < -0.39 is 30.5 Å². The van der Waals surface area contributed by atoms with Crippen molar-refractivity contribution in [1.29, 1.82) is 0 Å². The molecule has 1 atom stereocenters. The van der Waals surface area contributed by atoms with Gasteiger partial charge in [0.25, 0.3) is 0 Å². The summed E-state index contributed by atoms with van der Waals surface area (Å²) in [6, 6.07) is 7.22. The summed E-state index contributed by atoms with van der Waals surface area (Å²) in [6.07, 6.45) is -1.65. The zero-order valence-corrected chi connectivity index (χ0v) is 13.7. The Bertz CT molecular complexity index is 526. The van der Waals surface area contributed by atoms with Crippen molar-refractivity contribution in [3.63, 3.8) is 0 Å². The van der Waals surface area contributed by atoms with Crippen LogP contribution in [0.5, 0.6) is 0 Å². The van der Waals surface area contributed by atoms with Gasteiger partial charge >= 0.3 is 13.1 Å². The number of hydrogen-bond acceptors (Lipinski definition) is 4. The molecule has 22 heavy (non-hydrogen) atoms. The molecule has 1 aromatic rings. The Morgan fingerprint density at radius 2 is 1.68 bits per heavy atom. The Kier molecular flexibility index (Phi) is 4.63. The van der Waals surface area contributed by atoms with Crippen LogP contribution in [0.2, 0.25) is 0 Å². The highest BCUT2D eigenvalue weighted by Crippen LogP contribution is 2.36. The molecule has 0 spiro atoms. The molecule has 2 rings (SSSR count). The molecule has 0 saturated carbocycles. The number of rotatable bonds is 4. The van der Waals surface area contributed by atoms with Crippen LogP contribution in [0.3, 0.4) is 0 Å². The summed E-state index contributed by atoms with van der Waals surface area (Å²) in [5.41, 5.74) is 0.797. The van der Waals surface area contributed by atoms with Crippen LogP contribution in [0.15, 0.2) is 24.3 Å². The smallest absolute Gasteiger partial charge is 0.467 e. The van der Waals surface area contributed by atoms with Crippen LogP contribution in [-0.2, 0) is 25.3 Å². The van der Waals surface area contributed by atoms with Gasteiger partial charge in [0, 0.05) is 6.42 Å². The second-order valence-corrected chi connectivity index (χ2v) is 6.52. The molecule has 0 radical (unpaired) electrons. The number of benzene rings is 1. The highest BCUT2D eigenvalue weighted by Gasteiger charge is 2.51. The van der Waals surface area contributed by atoms with Crippen LogP contribution in [0.1, 0.15) is 33.3 Å². The quantitative estimate of drug-likeness (QED) is 0.631. The Morgan fingerprint density at radius 1 is 1.18 bits per heavy atom. The van der Waals surface area contributed by atoms with Crippen LogP contribution >= 0.6 is 0 Å². The minimum Gasteiger partial charge on any atom is -0.467 e. The number of carbonyl (C=O) groups excluding carboxylic acids is 1.